The normalized spacial score (nSPS) is 10.8. The predicted octanol–water partition coefficient (Wildman–Crippen LogP) is 3.30. The molecule has 0 aliphatic carbocycles. The van der Waals surface area contributed by atoms with E-state index in [1.165, 1.54) is 29.5 Å². The molecule has 0 bridgehead atoms. The highest BCUT2D eigenvalue weighted by Crippen LogP contribution is 2.23. The SMILES string of the molecule is CCCc1c(CC)ccc(CCO)c1CC. The molecule has 1 nitrogen and oxygen atoms in total. The van der Waals surface area contributed by atoms with E-state index in [0.717, 1.165) is 19.3 Å². The van der Waals surface area contributed by atoms with Crippen molar-refractivity contribution >= 4 is 0 Å². The zero-order chi connectivity index (χ0) is 12.0. The fourth-order valence-corrected chi connectivity index (χ4v) is 2.48. The molecule has 0 aliphatic rings. The lowest BCUT2D eigenvalue weighted by Crippen LogP contribution is -2.05. The number of rotatable bonds is 6. The summed E-state index contributed by atoms with van der Waals surface area (Å²) in [5, 5.41) is 9.09. The van der Waals surface area contributed by atoms with Crippen molar-refractivity contribution in [3.8, 4) is 0 Å². The molecule has 0 radical (unpaired) electrons. The Morgan fingerprint density at radius 1 is 0.875 bits per heavy atom. The van der Waals surface area contributed by atoms with Gasteiger partial charge < -0.3 is 5.11 Å². The first-order chi connectivity index (χ1) is 7.78. The highest BCUT2D eigenvalue weighted by molar-refractivity contribution is 5.41. The predicted molar refractivity (Wildman–Crippen MR) is 70.0 cm³/mol. The molecule has 0 amide bonds. The smallest absolute Gasteiger partial charge is 0.0471 e. The summed E-state index contributed by atoms with van der Waals surface area (Å²) in [7, 11) is 0. The maximum atomic E-state index is 9.09. The standard InChI is InChI=1S/C15H24O/c1-4-7-15-12(5-2)8-9-13(10-11-16)14(15)6-3/h8-9,16H,4-7,10-11H2,1-3H3. The summed E-state index contributed by atoms with van der Waals surface area (Å²) in [6.45, 7) is 6.93. The van der Waals surface area contributed by atoms with E-state index in [9.17, 15) is 0 Å². The Kier molecular flexibility index (Phi) is 5.54. The monoisotopic (exact) mass is 220 g/mol. The second-order valence-corrected chi connectivity index (χ2v) is 4.27. The van der Waals surface area contributed by atoms with E-state index in [-0.39, 0.29) is 6.61 Å². The quantitative estimate of drug-likeness (QED) is 0.780. The van der Waals surface area contributed by atoms with Crippen molar-refractivity contribution < 1.29 is 5.11 Å². The average molecular weight is 220 g/mol. The van der Waals surface area contributed by atoms with Crippen molar-refractivity contribution in [3.05, 3.63) is 34.4 Å². The van der Waals surface area contributed by atoms with E-state index in [4.69, 9.17) is 5.11 Å². The van der Waals surface area contributed by atoms with Crippen molar-refractivity contribution in [2.75, 3.05) is 6.61 Å². The fraction of sp³-hybridized carbons (Fsp3) is 0.600. The van der Waals surface area contributed by atoms with Crippen LogP contribution < -0.4 is 0 Å². The third kappa shape index (κ3) is 2.85. The molecule has 0 aromatic heterocycles. The number of aliphatic hydroxyl groups is 1. The summed E-state index contributed by atoms with van der Waals surface area (Å²) in [6.07, 6.45) is 5.36. The number of aryl methyl sites for hydroxylation is 1. The van der Waals surface area contributed by atoms with E-state index in [2.05, 4.69) is 32.9 Å². The summed E-state index contributed by atoms with van der Waals surface area (Å²) in [5.74, 6) is 0. The zero-order valence-corrected chi connectivity index (χ0v) is 10.8. The van der Waals surface area contributed by atoms with Gasteiger partial charge in [0.1, 0.15) is 0 Å². The third-order valence-corrected chi connectivity index (χ3v) is 3.24. The van der Waals surface area contributed by atoms with Crippen LogP contribution in [0.25, 0.3) is 0 Å². The molecule has 90 valence electrons. The number of aliphatic hydroxyl groups excluding tert-OH is 1. The van der Waals surface area contributed by atoms with Crippen LogP contribution in [0.2, 0.25) is 0 Å². The number of benzene rings is 1. The summed E-state index contributed by atoms with van der Waals surface area (Å²) >= 11 is 0. The van der Waals surface area contributed by atoms with Gasteiger partial charge in [0.15, 0.2) is 0 Å². The summed E-state index contributed by atoms with van der Waals surface area (Å²) in [4.78, 5) is 0. The zero-order valence-electron chi connectivity index (χ0n) is 10.8. The van der Waals surface area contributed by atoms with Gasteiger partial charge in [-0.3, -0.25) is 0 Å². The highest BCUT2D eigenvalue weighted by Gasteiger charge is 2.09. The van der Waals surface area contributed by atoms with Crippen LogP contribution in [-0.4, -0.2) is 11.7 Å². The first-order valence-electron chi connectivity index (χ1n) is 6.51. The molecule has 0 spiro atoms. The van der Waals surface area contributed by atoms with Gasteiger partial charge in [0.25, 0.3) is 0 Å². The molecule has 0 saturated heterocycles. The molecular formula is C15H24O. The van der Waals surface area contributed by atoms with Crippen LogP contribution >= 0.6 is 0 Å². The first kappa shape index (κ1) is 13.2. The van der Waals surface area contributed by atoms with Gasteiger partial charge in [0.2, 0.25) is 0 Å². The lowest BCUT2D eigenvalue weighted by atomic mass is 9.89. The van der Waals surface area contributed by atoms with Crippen LogP contribution in [0.1, 0.15) is 49.4 Å². The Morgan fingerprint density at radius 2 is 1.56 bits per heavy atom. The van der Waals surface area contributed by atoms with Gasteiger partial charge in [-0.05, 0) is 47.9 Å². The molecule has 1 heteroatoms. The van der Waals surface area contributed by atoms with Crippen molar-refractivity contribution in [1.82, 2.24) is 0 Å². The lowest BCUT2D eigenvalue weighted by Gasteiger charge is -2.16. The van der Waals surface area contributed by atoms with Gasteiger partial charge in [-0.1, -0.05) is 39.3 Å². The Bertz CT molecular complexity index is 328. The average Bonchev–Trinajstić information content (AvgIpc) is 2.30. The van der Waals surface area contributed by atoms with E-state index in [1.807, 2.05) is 0 Å². The Balaban J connectivity index is 3.19. The van der Waals surface area contributed by atoms with Crippen LogP contribution in [0.4, 0.5) is 0 Å². The topological polar surface area (TPSA) is 20.2 Å². The Morgan fingerprint density at radius 3 is 2.06 bits per heavy atom. The van der Waals surface area contributed by atoms with Gasteiger partial charge in [-0.25, -0.2) is 0 Å². The largest absolute Gasteiger partial charge is 0.396 e. The van der Waals surface area contributed by atoms with Gasteiger partial charge >= 0.3 is 0 Å². The highest BCUT2D eigenvalue weighted by atomic mass is 16.2. The minimum absolute atomic E-state index is 0.254. The third-order valence-electron chi connectivity index (χ3n) is 3.24. The van der Waals surface area contributed by atoms with Crippen LogP contribution in [0.5, 0.6) is 0 Å². The van der Waals surface area contributed by atoms with E-state index >= 15 is 0 Å². The molecule has 1 aromatic rings. The minimum atomic E-state index is 0.254. The van der Waals surface area contributed by atoms with Crippen LogP contribution in [0.15, 0.2) is 12.1 Å². The van der Waals surface area contributed by atoms with Crippen molar-refractivity contribution in [1.29, 1.82) is 0 Å². The second-order valence-electron chi connectivity index (χ2n) is 4.27. The summed E-state index contributed by atoms with van der Waals surface area (Å²) < 4.78 is 0. The van der Waals surface area contributed by atoms with Crippen molar-refractivity contribution in [2.24, 2.45) is 0 Å². The van der Waals surface area contributed by atoms with Crippen LogP contribution in [0, 0.1) is 0 Å². The van der Waals surface area contributed by atoms with E-state index in [0.29, 0.717) is 0 Å². The molecule has 1 rings (SSSR count). The molecule has 0 unspecified atom stereocenters. The number of hydrogen-bond donors (Lipinski definition) is 1. The van der Waals surface area contributed by atoms with Crippen LogP contribution in [-0.2, 0) is 25.7 Å². The van der Waals surface area contributed by atoms with E-state index in [1.54, 1.807) is 5.56 Å². The molecule has 0 atom stereocenters. The van der Waals surface area contributed by atoms with Gasteiger partial charge in [0, 0.05) is 6.61 Å². The molecule has 16 heavy (non-hydrogen) atoms. The molecule has 0 fully saturated rings. The molecule has 0 heterocycles. The van der Waals surface area contributed by atoms with Crippen LogP contribution in [0.3, 0.4) is 0 Å². The number of hydrogen-bond acceptors (Lipinski definition) is 1. The minimum Gasteiger partial charge on any atom is -0.396 e. The van der Waals surface area contributed by atoms with Gasteiger partial charge in [-0.2, -0.15) is 0 Å². The molecule has 0 saturated carbocycles. The Hall–Kier alpha value is -0.820. The molecular weight excluding hydrogens is 196 g/mol. The maximum Gasteiger partial charge on any atom is 0.0471 e. The molecule has 1 aromatic carbocycles. The summed E-state index contributed by atoms with van der Waals surface area (Å²) in [5.41, 5.74) is 5.85. The van der Waals surface area contributed by atoms with Gasteiger partial charge in [0.05, 0.1) is 0 Å². The first-order valence-corrected chi connectivity index (χ1v) is 6.51. The summed E-state index contributed by atoms with van der Waals surface area (Å²) in [6, 6.07) is 4.45. The maximum absolute atomic E-state index is 9.09. The van der Waals surface area contributed by atoms with Gasteiger partial charge in [-0.15, -0.1) is 0 Å². The van der Waals surface area contributed by atoms with Crippen molar-refractivity contribution in [2.45, 2.75) is 52.9 Å². The fourth-order valence-electron chi connectivity index (χ4n) is 2.48. The lowest BCUT2D eigenvalue weighted by molar-refractivity contribution is 0.299. The second kappa shape index (κ2) is 6.70. The van der Waals surface area contributed by atoms with Crippen molar-refractivity contribution in [3.63, 3.8) is 0 Å². The molecule has 0 aliphatic heterocycles. The van der Waals surface area contributed by atoms with E-state index < -0.39 is 0 Å². The molecule has 1 N–H and O–H groups in total. The Labute approximate surface area is 99.5 Å².